The predicted molar refractivity (Wildman–Crippen MR) is 119 cm³/mol. The third kappa shape index (κ3) is 3.81. The Morgan fingerprint density at radius 1 is 1.34 bits per heavy atom. The van der Waals surface area contributed by atoms with Gasteiger partial charge in [-0.05, 0) is 46.2 Å². The number of nitrogens with zero attached hydrogens (tertiary/aromatic N) is 3. The first-order valence-electron chi connectivity index (χ1n) is 10.4. The Hall–Kier alpha value is -2.25. The number of piperidine rings is 1. The van der Waals surface area contributed by atoms with Crippen molar-refractivity contribution in [2.24, 2.45) is 0 Å². The normalized spacial score (nSPS) is 18.9. The van der Waals surface area contributed by atoms with Gasteiger partial charge < -0.3 is 5.32 Å². The summed E-state index contributed by atoms with van der Waals surface area (Å²) < 4.78 is 3.31. The van der Waals surface area contributed by atoms with Crippen LogP contribution in [0.25, 0.3) is 20.2 Å². The van der Waals surface area contributed by atoms with Crippen molar-refractivity contribution in [1.82, 2.24) is 20.0 Å². The second-order valence-corrected chi connectivity index (χ2v) is 9.04. The number of benzene rings is 1. The maximum Gasteiger partial charge on any atom is 0.276 e. The number of aromatic nitrogens is 2. The maximum atomic E-state index is 13.2. The highest BCUT2D eigenvalue weighted by Crippen LogP contribution is 2.32. The molecule has 1 aliphatic rings. The first-order chi connectivity index (χ1) is 14.0. The molecule has 0 saturated carbocycles. The summed E-state index contributed by atoms with van der Waals surface area (Å²) >= 11 is 1.58. The van der Waals surface area contributed by atoms with Crippen LogP contribution in [0.1, 0.15) is 44.8 Å². The lowest BCUT2D eigenvalue weighted by Gasteiger charge is -2.33. The molecule has 4 rings (SSSR count). The lowest BCUT2D eigenvalue weighted by atomic mass is 10.0. The molecule has 0 aliphatic carbocycles. The van der Waals surface area contributed by atoms with Gasteiger partial charge in [-0.2, -0.15) is 5.10 Å². The fourth-order valence-corrected chi connectivity index (χ4v) is 5.35. The number of carbonyl (C=O) groups excluding carboxylic acids is 1. The molecule has 0 spiro atoms. The molecule has 1 aromatic carbocycles. The lowest BCUT2D eigenvalue weighted by Crippen LogP contribution is -2.44. The van der Waals surface area contributed by atoms with Gasteiger partial charge in [-0.3, -0.25) is 14.5 Å². The summed E-state index contributed by atoms with van der Waals surface area (Å²) in [6, 6.07) is 7.80. The van der Waals surface area contributed by atoms with Crippen LogP contribution in [0.2, 0.25) is 0 Å². The molecular weight excluding hydrogens is 384 g/mol. The summed E-state index contributed by atoms with van der Waals surface area (Å²) in [4.78, 5) is 28.3. The van der Waals surface area contributed by atoms with Crippen LogP contribution in [-0.2, 0) is 4.79 Å². The highest BCUT2D eigenvalue weighted by atomic mass is 32.1. The van der Waals surface area contributed by atoms with Crippen LogP contribution >= 0.6 is 11.3 Å². The van der Waals surface area contributed by atoms with E-state index >= 15 is 0 Å². The molecule has 2 aromatic heterocycles. The predicted octanol–water partition coefficient (Wildman–Crippen LogP) is 3.47. The molecule has 3 heterocycles. The molecule has 154 valence electrons. The van der Waals surface area contributed by atoms with Gasteiger partial charge in [0.15, 0.2) is 0 Å². The average molecular weight is 413 g/mol. The van der Waals surface area contributed by atoms with E-state index in [9.17, 15) is 9.59 Å². The molecule has 0 unspecified atom stereocenters. The third-order valence-electron chi connectivity index (χ3n) is 5.99. The summed E-state index contributed by atoms with van der Waals surface area (Å²) in [6.07, 6.45) is 3.73. The van der Waals surface area contributed by atoms with E-state index in [0.717, 1.165) is 33.6 Å². The molecule has 1 amide bonds. The second kappa shape index (κ2) is 8.24. The minimum Gasteiger partial charge on any atom is -0.353 e. The summed E-state index contributed by atoms with van der Waals surface area (Å²) in [5.41, 5.74) is 0.581. The van der Waals surface area contributed by atoms with Gasteiger partial charge in [0.25, 0.3) is 5.56 Å². The van der Waals surface area contributed by atoms with Crippen molar-refractivity contribution in [3.63, 3.8) is 0 Å². The number of rotatable bonds is 5. The van der Waals surface area contributed by atoms with E-state index in [2.05, 4.69) is 22.2 Å². The Kier molecular flexibility index (Phi) is 5.69. The van der Waals surface area contributed by atoms with Crippen LogP contribution in [0.15, 0.2) is 29.1 Å². The van der Waals surface area contributed by atoms with E-state index in [4.69, 9.17) is 0 Å². The standard InChI is InChI=1S/C22H28N4O2S/c1-14-8-6-7-12-25(14)13-11-23-21(27)16(3)26-22(28)19-17-9-4-5-10-18(17)29-20(19)15(2)24-26/h4-5,9-10,14,16H,6-8,11-13H2,1-3H3,(H,23,27)/t14-,16-/m0/s1. The minimum atomic E-state index is -0.650. The van der Waals surface area contributed by atoms with Gasteiger partial charge in [-0.15, -0.1) is 11.3 Å². The van der Waals surface area contributed by atoms with Gasteiger partial charge in [-0.1, -0.05) is 24.6 Å². The van der Waals surface area contributed by atoms with Gasteiger partial charge >= 0.3 is 0 Å². The highest BCUT2D eigenvalue weighted by molar-refractivity contribution is 7.26. The van der Waals surface area contributed by atoms with Crippen LogP contribution in [0.3, 0.4) is 0 Å². The van der Waals surface area contributed by atoms with Crippen LogP contribution in [0, 0.1) is 6.92 Å². The SMILES string of the molecule is Cc1nn([C@@H](C)C(=O)NCCN2CCCC[C@@H]2C)c(=O)c2c1sc1ccccc12. The molecule has 1 aliphatic heterocycles. The fraction of sp³-hybridized carbons (Fsp3) is 0.500. The van der Waals surface area contributed by atoms with Crippen molar-refractivity contribution in [3.8, 4) is 0 Å². The molecule has 0 radical (unpaired) electrons. The van der Waals surface area contributed by atoms with Gasteiger partial charge in [0, 0.05) is 29.2 Å². The zero-order valence-corrected chi connectivity index (χ0v) is 18.1. The molecule has 0 bridgehead atoms. The van der Waals surface area contributed by atoms with Crippen molar-refractivity contribution >= 4 is 37.4 Å². The lowest BCUT2D eigenvalue weighted by molar-refractivity contribution is -0.124. The molecule has 1 N–H and O–H groups in total. The molecule has 2 atom stereocenters. The van der Waals surface area contributed by atoms with Crippen LogP contribution in [-0.4, -0.2) is 46.3 Å². The van der Waals surface area contributed by atoms with E-state index in [0.29, 0.717) is 18.0 Å². The van der Waals surface area contributed by atoms with E-state index in [-0.39, 0.29) is 11.5 Å². The van der Waals surface area contributed by atoms with Crippen molar-refractivity contribution in [1.29, 1.82) is 0 Å². The molecule has 3 aromatic rings. The minimum absolute atomic E-state index is 0.164. The maximum absolute atomic E-state index is 13.2. The number of amides is 1. The van der Waals surface area contributed by atoms with Crippen LogP contribution in [0.5, 0.6) is 0 Å². The number of hydrogen-bond acceptors (Lipinski definition) is 5. The number of aryl methyl sites for hydroxylation is 1. The Labute approximate surface area is 174 Å². The summed E-state index contributed by atoms with van der Waals surface area (Å²) in [5.74, 6) is -0.164. The fourth-order valence-electron chi connectivity index (χ4n) is 4.21. The monoisotopic (exact) mass is 412 g/mol. The Bertz CT molecular complexity index is 1100. The van der Waals surface area contributed by atoms with E-state index in [1.165, 1.54) is 23.9 Å². The van der Waals surface area contributed by atoms with E-state index in [1.807, 2.05) is 31.2 Å². The largest absolute Gasteiger partial charge is 0.353 e. The second-order valence-electron chi connectivity index (χ2n) is 7.99. The quantitative estimate of drug-likeness (QED) is 0.697. The van der Waals surface area contributed by atoms with Crippen molar-refractivity contribution in [2.75, 3.05) is 19.6 Å². The zero-order chi connectivity index (χ0) is 20.5. The Morgan fingerprint density at radius 3 is 2.93 bits per heavy atom. The number of nitrogens with one attached hydrogen (secondary N) is 1. The van der Waals surface area contributed by atoms with E-state index < -0.39 is 6.04 Å². The van der Waals surface area contributed by atoms with Gasteiger partial charge in [-0.25, -0.2) is 4.68 Å². The van der Waals surface area contributed by atoms with Gasteiger partial charge in [0.05, 0.1) is 15.8 Å². The van der Waals surface area contributed by atoms with Crippen molar-refractivity contribution in [3.05, 3.63) is 40.3 Å². The molecule has 1 saturated heterocycles. The Morgan fingerprint density at radius 2 is 2.14 bits per heavy atom. The van der Waals surface area contributed by atoms with Crippen molar-refractivity contribution < 1.29 is 4.79 Å². The first kappa shape index (κ1) is 20.0. The van der Waals surface area contributed by atoms with Gasteiger partial charge in [0.2, 0.25) is 5.91 Å². The third-order valence-corrected chi connectivity index (χ3v) is 7.27. The Balaban J connectivity index is 1.54. The topological polar surface area (TPSA) is 67.2 Å². The van der Waals surface area contributed by atoms with Crippen LogP contribution < -0.4 is 10.9 Å². The summed E-state index contributed by atoms with van der Waals surface area (Å²) in [7, 11) is 0. The molecule has 29 heavy (non-hydrogen) atoms. The average Bonchev–Trinajstić information content (AvgIpc) is 3.12. The number of likely N-dealkylation sites (tertiary alicyclic amines) is 1. The molecule has 6 nitrogen and oxygen atoms in total. The van der Waals surface area contributed by atoms with E-state index in [1.54, 1.807) is 18.3 Å². The molecule has 1 fully saturated rings. The molecule has 7 heteroatoms. The highest BCUT2D eigenvalue weighted by Gasteiger charge is 2.22. The molecular formula is C22H28N4O2S. The van der Waals surface area contributed by atoms with Crippen LogP contribution in [0.4, 0.5) is 0 Å². The summed E-state index contributed by atoms with van der Waals surface area (Å²) in [5, 5.41) is 9.07. The number of hydrogen-bond donors (Lipinski definition) is 1. The first-order valence-corrected chi connectivity index (χ1v) is 11.2. The van der Waals surface area contributed by atoms with Crippen molar-refractivity contribution in [2.45, 2.75) is 52.1 Å². The van der Waals surface area contributed by atoms with Gasteiger partial charge in [0.1, 0.15) is 6.04 Å². The number of carbonyl (C=O) groups is 1. The number of fused-ring (bicyclic) bond motifs is 3. The smallest absolute Gasteiger partial charge is 0.276 e. The summed E-state index contributed by atoms with van der Waals surface area (Å²) in [6.45, 7) is 8.41. The number of thiophene rings is 1. The zero-order valence-electron chi connectivity index (χ0n) is 17.3.